The number of hydrogen-bond acceptors (Lipinski definition) is 1. The zero-order chi connectivity index (χ0) is 15.0. The SMILES string of the molecule is Cc1cc(F)cc(-n2c(CCCl)nc3ccc(C)cc32)c1. The first-order chi connectivity index (χ1) is 10.1. The van der Waals surface area contributed by atoms with E-state index in [1.165, 1.54) is 12.1 Å². The summed E-state index contributed by atoms with van der Waals surface area (Å²) in [4.78, 5) is 4.64. The summed E-state index contributed by atoms with van der Waals surface area (Å²) in [6.07, 6.45) is 0.644. The van der Waals surface area contributed by atoms with Gasteiger partial charge in [-0.3, -0.25) is 4.57 Å². The zero-order valence-electron chi connectivity index (χ0n) is 12.0. The molecule has 108 valence electrons. The zero-order valence-corrected chi connectivity index (χ0v) is 12.8. The number of imidazole rings is 1. The van der Waals surface area contributed by atoms with Crippen LogP contribution in [0, 0.1) is 19.7 Å². The van der Waals surface area contributed by atoms with Crippen LogP contribution in [0.15, 0.2) is 36.4 Å². The van der Waals surface area contributed by atoms with Crippen molar-refractivity contribution in [1.29, 1.82) is 0 Å². The molecule has 0 radical (unpaired) electrons. The molecule has 0 atom stereocenters. The molecule has 1 aromatic heterocycles. The first kappa shape index (κ1) is 14.1. The minimum atomic E-state index is -0.240. The molecule has 0 aliphatic rings. The Morgan fingerprint density at radius 2 is 1.90 bits per heavy atom. The molecule has 0 saturated carbocycles. The summed E-state index contributed by atoms with van der Waals surface area (Å²) >= 11 is 5.89. The highest BCUT2D eigenvalue weighted by atomic mass is 35.5. The van der Waals surface area contributed by atoms with Crippen LogP contribution in [0.1, 0.15) is 17.0 Å². The number of nitrogens with zero attached hydrogens (tertiary/aromatic N) is 2. The highest BCUT2D eigenvalue weighted by molar-refractivity contribution is 6.17. The average Bonchev–Trinajstić information content (AvgIpc) is 2.75. The first-order valence-electron chi connectivity index (χ1n) is 6.90. The molecule has 1 heterocycles. The van der Waals surface area contributed by atoms with E-state index in [-0.39, 0.29) is 5.82 Å². The topological polar surface area (TPSA) is 17.8 Å². The van der Waals surface area contributed by atoms with Crippen LogP contribution < -0.4 is 0 Å². The van der Waals surface area contributed by atoms with Gasteiger partial charge in [-0.15, -0.1) is 11.6 Å². The average molecular weight is 303 g/mol. The molecule has 21 heavy (non-hydrogen) atoms. The van der Waals surface area contributed by atoms with Crippen LogP contribution >= 0.6 is 11.6 Å². The normalized spacial score (nSPS) is 11.2. The monoisotopic (exact) mass is 302 g/mol. The molecule has 0 fully saturated rings. The summed E-state index contributed by atoms with van der Waals surface area (Å²) in [5.41, 5.74) is 4.72. The van der Waals surface area contributed by atoms with Crippen molar-refractivity contribution in [1.82, 2.24) is 9.55 Å². The van der Waals surface area contributed by atoms with Gasteiger partial charge in [0.2, 0.25) is 0 Å². The third-order valence-corrected chi connectivity index (χ3v) is 3.67. The number of aryl methyl sites for hydroxylation is 3. The fraction of sp³-hybridized carbons (Fsp3) is 0.235. The summed E-state index contributed by atoms with van der Waals surface area (Å²) in [7, 11) is 0. The summed E-state index contributed by atoms with van der Waals surface area (Å²) in [6, 6.07) is 11.1. The van der Waals surface area contributed by atoms with Gasteiger partial charge >= 0.3 is 0 Å². The number of alkyl halides is 1. The first-order valence-corrected chi connectivity index (χ1v) is 7.43. The number of rotatable bonds is 3. The fourth-order valence-electron chi connectivity index (χ4n) is 2.62. The minimum absolute atomic E-state index is 0.240. The molecule has 0 N–H and O–H groups in total. The van der Waals surface area contributed by atoms with Crippen LogP contribution in [-0.2, 0) is 6.42 Å². The molecule has 2 nitrogen and oxygen atoms in total. The van der Waals surface area contributed by atoms with Gasteiger partial charge in [0.1, 0.15) is 11.6 Å². The fourth-order valence-corrected chi connectivity index (χ4v) is 2.79. The van der Waals surface area contributed by atoms with Gasteiger partial charge in [-0.2, -0.15) is 0 Å². The van der Waals surface area contributed by atoms with Crippen LogP contribution in [0.5, 0.6) is 0 Å². The highest BCUT2D eigenvalue weighted by Crippen LogP contribution is 2.24. The number of benzene rings is 2. The Balaban J connectivity index is 2.32. The molecule has 0 amide bonds. The Morgan fingerprint density at radius 1 is 1.10 bits per heavy atom. The van der Waals surface area contributed by atoms with E-state index in [4.69, 9.17) is 11.6 Å². The lowest BCUT2D eigenvalue weighted by Crippen LogP contribution is -2.03. The Labute approximate surface area is 128 Å². The molecule has 0 aliphatic heterocycles. The van der Waals surface area contributed by atoms with E-state index < -0.39 is 0 Å². The maximum Gasteiger partial charge on any atom is 0.125 e. The molecule has 3 aromatic rings. The summed E-state index contributed by atoms with van der Waals surface area (Å²) < 4.78 is 15.8. The molecule has 0 unspecified atom stereocenters. The van der Waals surface area contributed by atoms with Crippen LogP contribution in [0.2, 0.25) is 0 Å². The maximum atomic E-state index is 13.8. The quantitative estimate of drug-likeness (QED) is 0.648. The van der Waals surface area contributed by atoms with Gasteiger partial charge in [0.25, 0.3) is 0 Å². The number of aromatic nitrogens is 2. The van der Waals surface area contributed by atoms with E-state index in [1.807, 2.05) is 36.6 Å². The smallest absolute Gasteiger partial charge is 0.125 e. The van der Waals surface area contributed by atoms with E-state index in [1.54, 1.807) is 0 Å². The summed E-state index contributed by atoms with van der Waals surface area (Å²) in [6.45, 7) is 3.92. The molecule has 0 bridgehead atoms. The molecular weight excluding hydrogens is 287 g/mol. The summed E-state index contributed by atoms with van der Waals surface area (Å²) in [5, 5.41) is 0. The number of hydrogen-bond donors (Lipinski definition) is 0. The van der Waals surface area contributed by atoms with Gasteiger partial charge in [-0.25, -0.2) is 9.37 Å². The molecule has 2 aromatic carbocycles. The van der Waals surface area contributed by atoms with E-state index in [0.29, 0.717) is 12.3 Å². The van der Waals surface area contributed by atoms with Gasteiger partial charge in [0, 0.05) is 12.3 Å². The second-order valence-corrected chi connectivity index (χ2v) is 5.66. The second kappa shape index (κ2) is 5.49. The Morgan fingerprint density at radius 3 is 2.62 bits per heavy atom. The third-order valence-electron chi connectivity index (χ3n) is 3.48. The van der Waals surface area contributed by atoms with Crippen molar-refractivity contribution in [3.05, 3.63) is 59.2 Å². The van der Waals surface area contributed by atoms with E-state index in [0.717, 1.165) is 33.7 Å². The third kappa shape index (κ3) is 2.66. The molecule has 0 spiro atoms. The van der Waals surface area contributed by atoms with Crippen molar-refractivity contribution >= 4 is 22.6 Å². The van der Waals surface area contributed by atoms with E-state index in [9.17, 15) is 4.39 Å². The standard InChI is InChI=1S/C17H16ClFN2/c1-11-3-4-15-16(9-11)21(17(20-15)5-6-18)14-8-12(2)7-13(19)10-14/h3-4,7-10H,5-6H2,1-2H3. The lowest BCUT2D eigenvalue weighted by atomic mass is 10.2. The Kier molecular flexibility index (Phi) is 3.68. The predicted molar refractivity (Wildman–Crippen MR) is 84.9 cm³/mol. The van der Waals surface area contributed by atoms with Crippen LogP contribution in [0.4, 0.5) is 4.39 Å². The van der Waals surface area contributed by atoms with Crippen LogP contribution in [0.3, 0.4) is 0 Å². The number of halogens is 2. The van der Waals surface area contributed by atoms with Crippen molar-refractivity contribution in [2.45, 2.75) is 20.3 Å². The van der Waals surface area contributed by atoms with E-state index in [2.05, 4.69) is 11.1 Å². The van der Waals surface area contributed by atoms with Gasteiger partial charge in [-0.1, -0.05) is 6.07 Å². The second-order valence-electron chi connectivity index (χ2n) is 5.28. The number of fused-ring (bicyclic) bond motifs is 1. The molecular formula is C17H16ClFN2. The highest BCUT2D eigenvalue weighted by Gasteiger charge is 2.13. The van der Waals surface area contributed by atoms with Crippen LogP contribution in [-0.4, -0.2) is 15.4 Å². The molecule has 0 saturated heterocycles. The Bertz CT molecular complexity index is 788. The van der Waals surface area contributed by atoms with Gasteiger partial charge in [0.15, 0.2) is 0 Å². The minimum Gasteiger partial charge on any atom is -0.296 e. The van der Waals surface area contributed by atoms with Crippen molar-refractivity contribution in [3.63, 3.8) is 0 Å². The molecule has 4 heteroatoms. The molecule has 3 rings (SSSR count). The van der Waals surface area contributed by atoms with Crippen molar-refractivity contribution in [3.8, 4) is 5.69 Å². The van der Waals surface area contributed by atoms with Crippen molar-refractivity contribution in [2.24, 2.45) is 0 Å². The molecule has 0 aliphatic carbocycles. The van der Waals surface area contributed by atoms with Gasteiger partial charge in [-0.05, 0) is 55.3 Å². The largest absolute Gasteiger partial charge is 0.296 e. The lowest BCUT2D eigenvalue weighted by molar-refractivity contribution is 0.625. The Hall–Kier alpha value is -1.87. The van der Waals surface area contributed by atoms with E-state index >= 15 is 0 Å². The van der Waals surface area contributed by atoms with Crippen molar-refractivity contribution < 1.29 is 4.39 Å². The summed E-state index contributed by atoms with van der Waals surface area (Å²) in [5.74, 6) is 1.10. The predicted octanol–water partition coefficient (Wildman–Crippen LogP) is 4.56. The van der Waals surface area contributed by atoms with Gasteiger partial charge < -0.3 is 0 Å². The van der Waals surface area contributed by atoms with Crippen molar-refractivity contribution in [2.75, 3.05) is 5.88 Å². The maximum absolute atomic E-state index is 13.8. The van der Waals surface area contributed by atoms with Crippen LogP contribution in [0.25, 0.3) is 16.7 Å². The lowest BCUT2D eigenvalue weighted by Gasteiger charge is -2.10. The van der Waals surface area contributed by atoms with Gasteiger partial charge in [0.05, 0.1) is 16.7 Å².